The van der Waals surface area contributed by atoms with Gasteiger partial charge >= 0.3 is 0 Å². The largest absolute Gasteiger partial charge is 0.507 e. The molecule has 3 aromatic carbocycles. The number of ether oxygens (including phenoxy) is 1. The number of aromatic nitrogens is 4. The summed E-state index contributed by atoms with van der Waals surface area (Å²) in [5.74, 6) is 1.59. The minimum absolute atomic E-state index is 0. The Bertz CT molecular complexity index is 1980. The second-order valence-electron chi connectivity index (χ2n) is 13.0. The Labute approximate surface area is 278 Å². The fourth-order valence-electron chi connectivity index (χ4n) is 5.06. The first kappa shape index (κ1) is 32.0. The number of rotatable bonds is 5. The number of benzene rings is 3. The van der Waals surface area contributed by atoms with Gasteiger partial charge in [-0.25, -0.2) is 9.97 Å². The molecule has 0 amide bonds. The molecule has 3 aromatic heterocycles. The van der Waals surface area contributed by atoms with Gasteiger partial charge in [-0.1, -0.05) is 90.1 Å². The third-order valence-electron chi connectivity index (χ3n) is 7.58. The van der Waals surface area contributed by atoms with E-state index in [1.807, 2.05) is 72.8 Å². The van der Waals surface area contributed by atoms with E-state index in [0.717, 1.165) is 38.7 Å². The maximum atomic E-state index is 11.7. The third-order valence-corrected chi connectivity index (χ3v) is 7.58. The Hall–Kier alpha value is -4.41. The van der Waals surface area contributed by atoms with Gasteiger partial charge in [0.15, 0.2) is 5.82 Å². The Kier molecular flexibility index (Phi) is 8.91. The van der Waals surface area contributed by atoms with E-state index < -0.39 is 0 Å². The van der Waals surface area contributed by atoms with Gasteiger partial charge in [0.25, 0.3) is 0 Å². The summed E-state index contributed by atoms with van der Waals surface area (Å²) in [6, 6.07) is 28.9. The number of hydrogen-bond donors (Lipinski definition) is 1. The van der Waals surface area contributed by atoms with Crippen LogP contribution in [0.5, 0.6) is 17.4 Å². The van der Waals surface area contributed by atoms with Crippen LogP contribution in [0.1, 0.15) is 52.7 Å². The van der Waals surface area contributed by atoms with Gasteiger partial charge in [0.2, 0.25) is 5.88 Å². The topological polar surface area (TPSA) is 81.0 Å². The third kappa shape index (κ3) is 6.97. The smallest absolute Gasteiger partial charge is 0.217 e. The Morgan fingerprint density at radius 3 is 2.22 bits per heavy atom. The quantitative estimate of drug-likeness (QED) is 0.176. The minimum Gasteiger partial charge on any atom is -0.507 e. The van der Waals surface area contributed by atoms with Crippen molar-refractivity contribution in [2.45, 2.75) is 52.4 Å². The van der Waals surface area contributed by atoms with E-state index in [1.165, 1.54) is 0 Å². The van der Waals surface area contributed by atoms with Crippen molar-refractivity contribution in [2.75, 3.05) is 0 Å². The molecule has 0 aliphatic rings. The van der Waals surface area contributed by atoms with E-state index in [4.69, 9.17) is 14.7 Å². The van der Waals surface area contributed by atoms with Gasteiger partial charge in [0, 0.05) is 67.8 Å². The van der Waals surface area contributed by atoms with Crippen molar-refractivity contribution in [2.24, 2.45) is 0 Å². The standard InChI is InChI=1S/C38H35N4O2.Pt/c1-37(2,3)28-19-30(35(43)31(20-28)38(4,5)6)36-41-32(24-11-8-7-9-12-24)21-33(42-36)25-13-10-14-29(17-25)44-34-18-27-22-39-16-15-26(27)23-40-34;/h7-16,18-23,43H,1-6H3;/q-1;. The zero-order valence-electron chi connectivity index (χ0n) is 26.2. The van der Waals surface area contributed by atoms with Crippen LogP contribution in [0.15, 0.2) is 97.5 Å². The summed E-state index contributed by atoms with van der Waals surface area (Å²) in [5, 5.41) is 13.6. The average Bonchev–Trinajstić information content (AvgIpc) is 3.00. The van der Waals surface area contributed by atoms with Crippen LogP contribution in [0.25, 0.3) is 44.7 Å². The molecule has 0 spiro atoms. The summed E-state index contributed by atoms with van der Waals surface area (Å²) in [5.41, 5.74) is 5.21. The van der Waals surface area contributed by atoms with Gasteiger partial charge in [-0.3, -0.25) is 9.97 Å². The van der Waals surface area contributed by atoms with Gasteiger partial charge < -0.3 is 9.84 Å². The second kappa shape index (κ2) is 12.5. The van der Waals surface area contributed by atoms with Crippen molar-refractivity contribution < 1.29 is 30.9 Å². The van der Waals surface area contributed by atoms with Gasteiger partial charge in [0.1, 0.15) is 5.75 Å². The summed E-state index contributed by atoms with van der Waals surface area (Å²) in [7, 11) is 0. The molecule has 45 heavy (non-hydrogen) atoms. The Balaban J connectivity index is 0.00000400. The molecule has 6 nitrogen and oxygen atoms in total. The molecule has 0 unspecified atom stereocenters. The van der Waals surface area contributed by atoms with E-state index >= 15 is 0 Å². The summed E-state index contributed by atoms with van der Waals surface area (Å²) >= 11 is 0. The normalized spacial score (nSPS) is 11.7. The van der Waals surface area contributed by atoms with Crippen molar-refractivity contribution in [3.63, 3.8) is 0 Å². The van der Waals surface area contributed by atoms with Crippen molar-refractivity contribution in [1.82, 2.24) is 19.9 Å². The molecule has 0 saturated heterocycles. The van der Waals surface area contributed by atoms with Crippen molar-refractivity contribution >= 4 is 10.8 Å². The summed E-state index contributed by atoms with van der Waals surface area (Å²) in [4.78, 5) is 18.7. The molecule has 0 atom stereocenters. The fraction of sp³-hybridized carbons (Fsp3) is 0.211. The molecule has 0 fully saturated rings. The number of hydrogen-bond acceptors (Lipinski definition) is 6. The number of phenolic OH excluding ortho intramolecular Hbond substituents is 1. The van der Waals surface area contributed by atoms with Crippen molar-refractivity contribution in [3.05, 3.63) is 115 Å². The van der Waals surface area contributed by atoms with Gasteiger partial charge in [-0.2, -0.15) is 0 Å². The molecule has 3 heterocycles. The zero-order valence-corrected chi connectivity index (χ0v) is 28.5. The van der Waals surface area contributed by atoms with E-state index in [9.17, 15) is 5.11 Å². The zero-order chi connectivity index (χ0) is 31.1. The van der Waals surface area contributed by atoms with Crippen LogP contribution in [-0.2, 0) is 31.9 Å². The number of aromatic hydroxyl groups is 1. The molecule has 0 radical (unpaired) electrons. The van der Waals surface area contributed by atoms with Crippen molar-refractivity contribution in [1.29, 1.82) is 0 Å². The van der Waals surface area contributed by atoms with E-state index in [0.29, 0.717) is 28.7 Å². The van der Waals surface area contributed by atoms with Crippen LogP contribution in [0.3, 0.4) is 0 Å². The summed E-state index contributed by atoms with van der Waals surface area (Å²) in [6.45, 7) is 12.8. The first-order valence-corrected chi connectivity index (χ1v) is 14.7. The van der Waals surface area contributed by atoms with Crippen LogP contribution in [0.2, 0.25) is 0 Å². The SMILES string of the molecule is CC(C)(C)c1cc(-c2nc(-c3[c-]c(Oc4cc5cnccc5cn4)ccc3)cc(-c3ccccc3)n2)c(O)c(C(C)(C)C)c1.[Pt]. The molecule has 6 rings (SSSR count). The Morgan fingerprint density at radius 2 is 1.49 bits per heavy atom. The number of phenols is 1. The van der Waals surface area contributed by atoms with Crippen LogP contribution in [0.4, 0.5) is 0 Å². The van der Waals surface area contributed by atoms with Gasteiger partial charge in [-0.05, 0) is 39.8 Å². The minimum atomic E-state index is -0.285. The molecule has 0 aliphatic heterocycles. The molecule has 1 N–H and O–H groups in total. The molecule has 6 aromatic rings. The molecule has 230 valence electrons. The first-order chi connectivity index (χ1) is 21.0. The summed E-state index contributed by atoms with van der Waals surface area (Å²) < 4.78 is 6.13. The predicted molar refractivity (Wildman–Crippen MR) is 176 cm³/mol. The molecular formula is C38H35N4O2Pt-. The van der Waals surface area contributed by atoms with Gasteiger partial charge in [0.05, 0.1) is 11.3 Å². The Morgan fingerprint density at radius 1 is 0.733 bits per heavy atom. The van der Waals surface area contributed by atoms with E-state index in [-0.39, 0.29) is 37.6 Å². The second-order valence-corrected chi connectivity index (χ2v) is 13.0. The maximum absolute atomic E-state index is 11.7. The first-order valence-electron chi connectivity index (χ1n) is 14.7. The molecule has 0 bridgehead atoms. The van der Waals surface area contributed by atoms with E-state index in [2.05, 4.69) is 63.6 Å². The molecule has 0 saturated carbocycles. The van der Waals surface area contributed by atoms with Crippen LogP contribution in [-0.4, -0.2) is 25.0 Å². The summed E-state index contributed by atoms with van der Waals surface area (Å²) in [6.07, 6.45) is 5.29. The van der Waals surface area contributed by atoms with Crippen LogP contribution < -0.4 is 4.74 Å². The number of fused-ring (bicyclic) bond motifs is 1. The van der Waals surface area contributed by atoms with E-state index in [1.54, 1.807) is 18.6 Å². The maximum Gasteiger partial charge on any atom is 0.217 e. The number of nitrogens with zero attached hydrogens (tertiary/aromatic N) is 4. The van der Waals surface area contributed by atoms with Gasteiger partial charge in [-0.15, -0.1) is 23.8 Å². The molecule has 7 heteroatoms. The molecular weight excluding hydrogens is 740 g/mol. The molecule has 0 aliphatic carbocycles. The average molecular weight is 775 g/mol. The van der Waals surface area contributed by atoms with Crippen LogP contribution >= 0.6 is 0 Å². The monoisotopic (exact) mass is 774 g/mol. The van der Waals surface area contributed by atoms with Crippen LogP contribution in [0, 0.1) is 6.07 Å². The van der Waals surface area contributed by atoms with Crippen molar-refractivity contribution in [3.8, 4) is 51.3 Å². The predicted octanol–water partition coefficient (Wildman–Crippen LogP) is 9.31. The fourth-order valence-corrected chi connectivity index (χ4v) is 5.06. The number of pyridine rings is 2.